The van der Waals surface area contributed by atoms with Crippen molar-refractivity contribution in [3.8, 4) is 0 Å². The highest BCUT2D eigenvalue weighted by Gasteiger charge is 2.21. The number of H-pyrrole nitrogens is 1. The third-order valence-electron chi connectivity index (χ3n) is 5.54. The molecule has 1 aliphatic heterocycles. The Bertz CT molecular complexity index is 1150. The van der Waals surface area contributed by atoms with Crippen LogP contribution < -0.4 is 20.9 Å². The van der Waals surface area contributed by atoms with Crippen LogP contribution in [0.3, 0.4) is 0 Å². The molecule has 4 rings (SSSR count). The summed E-state index contributed by atoms with van der Waals surface area (Å²) < 4.78 is 28.3. The van der Waals surface area contributed by atoms with Gasteiger partial charge in [0.15, 0.2) is 0 Å². The number of piperidine rings is 1. The summed E-state index contributed by atoms with van der Waals surface area (Å²) in [7, 11) is -0.693. The molecule has 32 heavy (non-hydrogen) atoms. The van der Waals surface area contributed by atoms with Gasteiger partial charge in [-0.25, -0.2) is 10.9 Å². The first-order chi connectivity index (χ1) is 15.5. The van der Waals surface area contributed by atoms with Crippen LogP contribution in [0, 0.1) is 0 Å². The van der Waals surface area contributed by atoms with Crippen LogP contribution in [0.2, 0.25) is 0 Å². The Hall–Kier alpha value is -2.70. The lowest BCUT2D eigenvalue weighted by Crippen LogP contribution is -2.50. The number of hydrogen-bond acceptors (Lipinski definition) is 7. The van der Waals surface area contributed by atoms with E-state index in [-0.39, 0.29) is 0 Å². The molecule has 0 spiro atoms. The van der Waals surface area contributed by atoms with E-state index in [2.05, 4.69) is 48.1 Å². The summed E-state index contributed by atoms with van der Waals surface area (Å²) in [6, 6.07) is 14.1. The van der Waals surface area contributed by atoms with Gasteiger partial charge < -0.3 is 5.32 Å². The minimum absolute atomic E-state index is 0.356. The van der Waals surface area contributed by atoms with Crippen LogP contribution in [-0.4, -0.2) is 61.3 Å². The van der Waals surface area contributed by atoms with Crippen LogP contribution in [-0.2, 0) is 16.8 Å². The Morgan fingerprint density at radius 2 is 2.00 bits per heavy atom. The summed E-state index contributed by atoms with van der Waals surface area (Å²) in [4.78, 5) is 2.40. The van der Waals surface area contributed by atoms with E-state index >= 15 is 0 Å². The molecule has 2 aromatic carbocycles. The van der Waals surface area contributed by atoms with E-state index in [4.69, 9.17) is 0 Å². The van der Waals surface area contributed by atoms with Crippen molar-refractivity contribution in [2.24, 2.45) is 0 Å². The minimum atomic E-state index is -3.75. The normalized spacial score (nSPS) is 17.7. The zero-order valence-electron chi connectivity index (χ0n) is 18.3. The number of fused-ring (bicyclic) bond motifs is 1. The number of nitrogens with zero attached hydrogens (tertiary/aromatic N) is 3. The second-order valence-electron chi connectivity index (χ2n) is 7.91. The fourth-order valence-electron chi connectivity index (χ4n) is 4.12. The standard InChI is InChI=1S/C21H30N8O2S/c1-22-29(23-2)32(30,31)27-19-6-3-5-16(11-19)14-28-10-4-7-20(15-28)25-18-8-9-21-17(12-18)13-24-26-21/h3,5-6,8-9,11-13,20,22-23,25,27H,4,7,10,14-15H2,1-2H3,(H,24,26)/t20-/m0/s1. The Balaban J connectivity index is 1.38. The molecule has 1 aliphatic rings. The van der Waals surface area contributed by atoms with Gasteiger partial charge in [0.1, 0.15) is 0 Å². The number of anilines is 2. The quantitative estimate of drug-likeness (QED) is 0.311. The molecule has 0 bridgehead atoms. The van der Waals surface area contributed by atoms with E-state index in [0.717, 1.165) is 59.2 Å². The van der Waals surface area contributed by atoms with Gasteiger partial charge in [0.25, 0.3) is 0 Å². The Kier molecular flexibility index (Phi) is 6.92. The fraction of sp³-hybridized carbons (Fsp3) is 0.381. The van der Waals surface area contributed by atoms with Crippen LogP contribution in [0.5, 0.6) is 0 Å². The van der Waals surface area contributed by atoms with Gasteiger partial charge in [-0.3, -0.25) is 14.7 Å². The largest absolute Gasteiger partial charge is 0.381 e. The molecule has 2 heterocycles. The summed E-state index contributed by atoms with van der Waals surface area (Å²) >= 11 is 0. The van der Waals surface area contributed by atoms with E-state index in [9.17, 15) is 8.42 Å². The van der Waals surface area contributed by atoms with Crippen molar-refractivity contribution < 1.29 is 8.42 Å². The number of aromatic nitrogens is 2. The third kappa shape index (κ3) is 5.37. The molecular weight excluding hydrogens is 428 g/mol. The van der Waals surface area contributed by atoms with Crippen molar-refractivity contribution in [1.82, 2.24) is 30.5 Å². The first-order valence-corrected chi connectivity index (χ1v) is 12.1. The Morgan fingerprint density at radius 3 is 2.81 bits per heavy atom. The van der Waals surface area contributed by atoms with Crippen LogP contribution in [0.25, 0.3) is 10.9 Å². The second-order valence-corrected chi connectivity index (χ2v) is 9.43. The number of rotatable bonds is 9. The number of nitrogens with one attached hydrogen (secondary N) is 5. The Morgan fingerprint density at radius 1 is 1.16 bits per heavy atom. The number of aromatic amines is 1. The SMILES string of the molecule is CNN(NC)S(=O)(=O)Nc1cccc(CN2CCC[C@H](Nc3ccc4[nH]ncc4c3)C2)c1. The van der Waals surface area contributed by atoms with E-state index in [1.54, 1.807) is 6.07 Å². The molecule has 5 N–H and O–H groups in total. The lowest BCUT2D eigenvalue weighted by molar-refractivity contribution is 0.208. The molecule has 1 atom stereocenters. The number of benzene rings is 2. The van der Waals surface area contributed by atoms with Crippen LogP contribution in [0.15, 0.2) is 48.7 Å². The van der Waals surface area contributed by atoms with Crippen molar-refractivity contribution in [2.45, 2.75) is 25.4 Å². The zero-order valence-corrected chi connectivity index (χ0v) is 19.1. The zero-order chi connectivity index (χ0) is 22.6. The average Bonchev–Trinajstić information content (AvgIpc) is 3.22. The van der Waals surface area contributed by atoms with Gasteiger partial charge in [0.05, 0.1) is 17.4 Å². The van der Waals surface area contributed by atoms with Gasteiger partial charge >= 0.3 is 10.2 Å². The van der Waals surface area contributed by atoms with Crippen LogP contribution in [0.4, 0.5) is 11.4 Å². The maximum Gasteiger partial charge on any atom is 0.328 e. The van der Waals surface area contributed by atoms with Crippen molar-refractivity contribution >= 4 is 32.5 Å². The summed E-state index contributed by atoms with van der Waals surface area (Å²) in [5, 5.41) is 11.8. The van der Waals surface area contributed by atoms with E-state index in [1.165, 1.54) is 14.1 Å². The van der Waals surface area contributed by atoms with E-state index in [0.29, 0.717) is 11.7 Å². The molecule has 10 nitrogen and oxygen atoms in total. The predicted octanol–water partition coefficient (Wildman–Crippen LogP) is 1.87. The maximum atomic E-state index is 12.4. The summed E-state index contributed by atoms with van der Waals surface area (Å²) in [5.74, 6) is 0. The molecular formula is C21H30N8O2S. The molecule has 1 aromatic heterocycles. The third-order valence-corrected chi connectivity index (χ3v) is 6.88. The lowest BCUT2D eigenvalue weighted by Gasteiger charge is -2.33. The van der Waals surface area contributed by atoms with Gasteiger partial charge in [0.2, 0.25) is 0 Å². The average molecular weight is 459 g/mol. The topological polar surface area (TPSA) is 117 Å². The van der Waals surface area contributed by atoms with Gasteiger partial charge in [-0.05, 0) is 55.3 Å². The Labute approximate surface area is 188 Å². The molecule has 0 unspecified atom stereocenters. The van der Waals surface area contributed by atoms with E-state index in [1.807, 2.05) is 30.5 Å². The molecule has 1 fully saturated rings. The maximum absolute atomic E-state index is 12.4. The first-order valence-electron chi connectivity index (χ1n) is 10.7. The highest BCUT2D eigenvalue weighted by atomic mass is 32.2. The molecule has 3 aromatic rings. The molecule has 0 aliphatic carbocycles. The van der Waals surface area contributed by atoms with Gasteiger partial charge in [-0.2, -0.15) is 13.5 Å². The number of likely N-dealkylation sites (tertiary alicyclic amines) is 1. The van der Waals surface area contributed by atoms with Crippen molar-refractivity contribution in [3.63, 3.8) is 0 Å². The minimum Gasteiger partial charge on any atom is -0.381 e. The van der Waals surface area contributed by atoms with Gasteiger partial charge in [-0.15, -0.1) is 0 Å². The second kappa shape index (κ2) is 9.84. The van der Waals surface area contributed by atoms with Crippen molar-refractivity contribution in [3.05, 3.63) is 54.2 Å². The summed E-state index contributed by atoms with van der Waals surface area (Å²) in [6.45, 7) is 2.70. The highest BCUT2D eigenvalue weighted by molar-refractivity contribution is 7.90. The van der Waals surface area contributed by atoms with Crippen LogP contribution >= 0.6 is 0 Å². The molecule has 11 heteroatoms. The fourth-order valence-corrected chi connectivity index (χ4v) is 5.12. The predicted molar refractivity (Wildman–Crippen MR) is 127 cm³/mol. The first kappa shape index (κ1) is 22.5. The van der Waals surface area contributed by atoms with Gasteiger partial charge in [0, 0.05) is 44.3 Å². The monoisotopic (exact) mass is 458 g/mol. The molecule has 172 valence electrons. The van der Waals surface area contributed by atoms with Crippen molar-refractivity contribution in [2.75, 3.05) is 37.2 Å². The van der Waals surface area contributed by atoms with E-state index < -0.39 is 10.2 Å². The highest BCUT2D eigenvalue weighted by Crippen LogP contribution is 2.22. The number of hydrogen-bond donors (Lipinski definition) is 5. The summed E-state index contributed by atoms with van der Waals surface area (Å²) in [6.07, 6.45) is 4.06. The summed E-state index contributed by atoms with van der Waals surface area (Å²) in [5.41, 5.74) is 8.87. The smallest absolute Gasteiger partial charge is 0.328 e. The molecule has 1 saturated heterocycles. The number of hydrazine groups is 2. The molecule has 0 amide bonds. The lowest BCUT2D eigenvalue weighted by atomic mass is 10.0. The van der Waals surface area contributed by atoms with Crippen molar-refractivity contribution in [1.29, 1.82) is 0 Å². The van der Waals surface area contributed by atoms with Gasteiger partial charge in [-0.1, -0.05) is 16.7 Å². The molecule has 0 radical (unpaired) electrons. The van der Waals surface area contributed by atoms with Crippen LogP contribution in [0.1, 0.15) is 18.4 Å². The molecule has 0 saturated carbocycles.